The molecule has 0 saturated heterocycles. The first kappa shape index (κ1) is 88.1. The highest BCUT2D eigenvalue weighted by atomic mass is 16.5. The predicted octanol–water partition coefficient (Wildman–Crippen LogP) is 27.4. The highest BCUT2D eigenvalue weighted by molar-refractivity contribution is 5.76. The van der Waals surface area contributed by atoms with Gasteiger partial charge in [0.25, 0.3) is 0 Å². The molecule has 0 aliphatic rings. The molecular weight excluding hydrogens is 1100 g/mol. The van der Waals surface area contributed by atoms with Crippen LogP contribution < -0.4 is 5.32 Å². The van der Waals surface area contributed by atoms with Gasteiger partial charge in [-0.2, -0.15) is 0 Å². The average Bonchev–Trinajstić information content (AvgIpc) is 3.70. The van der Waals surface area contributed by atoms with Gasteiger partial charge in [0.2, 0.25) is 5.91 Å². The lowest BCUT2D eigenvalue weighted by Crippen LogP contribution is -2.45. The zero-order valence-corrected chi connectivity index (χ0v) is 61.1. The number of esters is 1. The monoisotopic (exact) mass is 1260 g/mol. The first-order chi connectivity index (χ1) is 44.5. The molecule has 0 saturated carbocycles. The van der Waals surface area contributed by atoms with Crippen molar-refractivity contribution >= 4 is 11.9 Å². The molecule has 0 heterocycles. The summed E-state index contributed by atoms with van der Waals surface area (Å²) in [6.45, 7) is 4.96. The molecule has 0 aliphatic carbocycles. The van der Waals surface area contributed by atoms with E-state index in [1.807, 2.05) is 0 Å². The number of aliphatic hydroxyl groups is 2. The highest BCUT2D eigenvalue weighted by Crippen LogP contribution is 2.20. The molecule has 3 N–H and O–H groups in total. The lowest BCUT2D eigenvalue weighted by molar-refractivity contribution is -0.143. The van der Waals surface area contributed by atoms with Crippen LogP contribution >= 0.6 is 0 Å². The highest BCUT2D eigenvalue weighted by Gasteiger charge is 2.20. The van der Waals surface area contributed by atoms with Gasteiger partial charge in [-0.1, -0.05) is 410 Å². The smallest absolute Gasteiger partial charge is 0.305 e. The van der Waals surface area contributed by atoms with Crippen LogP contribution in [0.15, 0.2) is 36.5 Å². The molecule has 0 aliphatic heterocycles. The van der Waals surface area contributed by atoms with Crippen LogP contribution in [0, 0.1) is 0 Å². The molecule has 0 aromatic carbocycles. The molecule has 0 aromatic heterocycles. The van der Waals surface area contributed by atoms with Crippen molar-refractivity contribution in [3.05, 3.63) is 36.5 Å². The van der Waals surface area contributed by atoms with E-state index in [1.54, 1.807) is 0 Å². The minimum atomic E-state index is -0.664. The quantitative estimate of drug-likeness (QED) is 0.0320. The summed E-state index contributed by atoms with van der Waals surface area (Å²) in [4.78, 5) is 24.6. The third-order valence-corrected chi connectivity index (χ3v) is 19.4. The van der Waals surface area contributed by atoms with Gasteiger partial charge in [0.15, 0.2) is 0 Å². The molecule has 1 amide bonds. The van der Waals surface area contributed by atoms with Crippen LogP contribution in [0.25, 0.3) is 0 Å². The maximum absolute atomic E-state index is 12.6. The van der Waals surface area contributed by atoms with Gasteiger partial charge in [0.1, 0.15) is 0 Å². The van der Waals surface area contributed by atoms with Crippen molar-refractivity contribution in [3.63, 3.8) is 0 Å². The minimum absolute atomic E-state index is 0.00976. The number of nitrogens with one attached hydrogen (secondary N) is 1. The molecule has 6 heteroatoms. The Kier molecular flexibility index (Phi) is 77.8. The standard InChI is InChI=1S/C84H161NO5/c1-3-5-7-9-11-13-15-16-17-18-19-20-38-41-44-47-50-53-57-60-64-68-72-76-82(87)81(80-86)85-83(88)77-73-69-65-61-58-54-51-48-45-42-39-36-34-32-30-28-26-24-22-21-23-25-27-29-31-33-35-37-40-43-46-49-52-55-59-63-67-71-75-79-90-84(89)78-74-70-66-62-56-14-12-10-8-6-4-2/h10,12,21-22,25,27,81-82,86-87H,3-9,11,13-20,23-24,26,28-80H2,1-2H3,(H,85,88)/b12-10-,22-21-,27-25-. The van der Waals surface area contributed by atoms with E-state index in [1.165, 1.54) is 379 Å². The van der Waals surface area contributed by atoms with E-state index in [4.69, 9.17) is 4.74 Å². The SMILES string of the molecule is CCCC/C=C\CCCCCCCC(=O)OCCCCCCCCCCCCCCCCC/C=C\C/C=C\CCCCCCCCCCCCCCCCCCCC(=O)NC(CO)C(O)CCCCCCCCCCCCCCCCCCCCCCCCC. The fourth-order valence-electron chi connectivity index (χ4n) is 13.1. The third-order valence-electron chi connectivity index (χ3n) is 19.4. The third kappa shape index (κ3) is 75.1. The van der Waals surface area contributed by atoms with Crippen LogP contribution in [0.4, 0.5) is 0 Å². The molecule has 0 aromatic rings. The van der Waals surface area contributed by atoms with Crippen molar-refractivity contribution in [1.82, 2.24) is 5.32 Å². The first-order valence-corrected chi connectivity index (χ1v) is 41.2. The van der Waals surface area contributed by atoms with Gasteiger partial charge in [-0.05, 0) is 77.0 Å². The summed E-state index contributed by atoms with van der Waals surface area (Å²) in [6.07, 6.45) is 104. The number of ether oxygens (including phenoxy) is 1. The Morgan fingerprint density at radius 1 is 0.311 bits per heavy atom. The number of carbonyl (C=O) groups excluding carboxylic acids is 2. The van der Waals surface area contributed by atoms with E-state index in [0.29, 0.717) is 25.9 Å². The van der Waals surface area contributed by atoms with Gasteiger partial charge in [0, 0.05) is 12.8 Å². The normalized spacial score (nSPS) is 12.6. The van der Waals surface area contributed by atoms with Gasteiger partial charge in [-0.25, -0.2) is 0 Å². The summed E-state index contributed by atoms with van der Waals surface area (Å²) in [5, 5.41) is 23.5. The van der Waals surface area contributed by atoms with Crippen LogP contribution in [-0.2, 0) is 14.3 Å². The Bertz CT molecular complexity index is 1460. The van der Waals surface area contributed by atoms with Gasteiger partial charge in [0.05, 0.1) is 25.4 Å². The zero-order valence-electron chi connectivity index (χ0n) is 61.1. The summed E-state index contributed by atoms with van der Waals surface area (Å²) in [6, 6.07) is -0.541. The van der Waals surface area contributed by atoms with Crippen molar-refractivity contribution < 1.29 is 24.5 Å². The predicted molar refractivity (Wildman–Crippen MR) is 398 cm³/mol. The summed E-state index contributed by atoms with van der Waals surface area (Å²) >= 11 is 0. The van der Waals surface area contributed by atoms with Crippen molar-refractivity contribution in [2.24, 2.45) is 0 Å². The van der Waals surface area contributed by atoms with Gasteiger partial charge in [-0.3, -0.25) is 9.59 Å². The van der Waals surface area contributed by atoms with E-state index in [2.05, 4.69) is 55.6 Å². The number of hydrogen-bond acceptors (Lipinski definition) is 5. The Hall–Kier alpha value is -1.92. The minimum Gasteiger partial charge on any atom is -0.466 e. The Balaban J connectivity index is 3.36. The molecule has 90 heavy (non-hydrogen) atoms. The van der Waals surface area contributed by atoms with Crippen LogP contribution in [0.3, 0.4) is 0 Å². The topological polar surface area (TPSA) is 95.9 Å². The number of rotatable bonds is 78. The second-order valence-electron chi connectivity index (χ2n) is 28.5. The Morgan fingerprint density at radius 2 is 0.567 bits per heavy atom. The van der Waals surface area contributed by atoms with E-state index in [9.17, 15) is 19.8 Å². The fourth-order valence-corrected chi connectivity index (χ4v) is 13.1. The number of hydrogen-bond donors (Lipinski definition) is 3. The molecule has 2 unspecified atom stereocenters. The maximum Gasteiger partial charge on any atom is 0.305 e. The van der Waals surface area contributed by atoms with Crippen molar-refractivity contribution in [2.75, 3.05) is 13.2 Å². The lowest BCUT2D eigenvalue weighted by atomic mass is 10.0. The van der Waals surface area contributed by atoms with Crippen LogP contribution in [-0.4, -0.2) is 47.4 Å². The van der Waals surface area contributed by atoms with Gasteiger partial charge < -0.3 is 20.3 Å². The lowest BCUT2D eigenvalue weighted by Gasteiger charge is -2.22. The Labute approximate surface area is 564 Å². The van der Waals surface area contributed by atoms with Crippen LogP contribution in [0.2, 0.25) is 0 Å². The summed E-state index contributed by atoms with van der Waals surface area (Å²) in [5.41, 5.74) is 0. The van der Waals surface area contributed by atoms with E-state index in [0.717, 1.165) is 51.4 Å². The molecule has 2 atom stereocenters. The van der Waals surface area contributed by atoms with Gasteiger partial charge >= 0.3 is 5.97 Å². The molecule has 0 rings (SSSR count). The summed E-state index contributed by atoms with van der Waals surface area (Å²) < 4.78 is 5.47. The maximum atomic E-state index is 12.6. The van der Waals surface area contributed by atoms with E-state index < -0.39 is 12.1 Å². The van der Waals surface area contributed by atoms with Crippen molar-refractivity contribution in [3.8, 4) is 0 Å². The van der Waals surface area contributed by atoms with Crippen molar-refractivity contribution in [2.45, 2.75) is 475 Å². The van der Waals surface area contributed by atoms with E-state index >= 15 is 0 Å². The molecule has 0 bridgehead atoms. The summed E-state index contributed by atoms with van der Waals surface area (Å²) in [5.74, 6) is -0.0165. The molecule has 6 nitrogen and oxygen atoms in total. The number of aliphatic hydroxyl groups excluding tert-OH is 2. The number of amides is 1. The summed E-state index contributed by atoms with van der Waals surface area (Å²) in [7, 11) is 0. The number of unbranched alkanes of at least 4 members (excludes halogenated alkanes) is 61. The molecule has 0 spiro atoms. The Morgan fingerprint density at radius 3 is 0.889 bits per heavy atom. The number of allylic oxidation sites excluding steroid dienone is 6. The second-order valence-corrected chi connectivity index (χ2v) is 28.5. The van der Waals surface area contributed by atoms with E-state index in [-0.39, 0.29) is 18.5 Å². The largest absolute Gasteiger partial charge is 0.466 e. The molecule has 0 radical (unpaired) electrons. The van der Waals surface area contributed by atoms with Gasteiger partial charge in [-0.15, -0.1) is 0 Å². The van der Waals surface area contributed by atoms with Crippen LogP contribution in [0.1, 0.15) is 463 Å². The molecule has 0 fully saturated rings. The molecule has 532 valence electrons. The first-order valence-electron chi connectivity index (χ1n) is 41.2. The fraction of sp³-hybridized carbons (Fsp3) is 0.905. The zero-order chi connectivity index (χ0) is 64.9. The average molecular weight is 1270 g/mol. The molecular formula is C84H161NO5. The van der Waals surface area contributed by atoms with Crippen LogP contribution in [0.5, 0.6) is 0 Å². The van der Waals surface area contributed by atoms with Crippen molar-refractivity contribution in [1.29, 1.82) is 0 Å². The number of carbonyl (C=O) groups is 2. The second kappa shape index (κ2) is 79.5.